The summed E-state index contributed by atoms with van der Waals surface area (Å²) in [4.78, 5) is -0.136. The number of alkyl halides is 3. The molecule has 2 N–H and O–H groups in total. The van der Waals surface area contributed by atoms with E-state index in [4.69, 9.17) is 0 Å². The molecule has 0 bridgehead atoms. The lowest BCUT2D eigenvalue weighted by atomic mass is 10.2. The van der Waals surface area contributed by atoms with Crippen LogP contribution in [0, 0.1) is 11.8 Å². The van der Waals surface area contributed by atoms with Crippen LogP contribution in [0.2, 0.25) is 0 Å². The first kappa shape index (κ1) is 13.8. The molecule has 1 saturated carbocycles. The van der Waals surface area contributed by atoms with E-state index in [0.717, 1.165) is 37.4 Å². The van der Waals surface area contributed by atoms with Crippen molar-refractivity contribution in [1.82, 2.24) is 10.0 Å². The van der Waals surface area contributed by atoms with Crippen LogP contribution in [0.15, 0.2) is 29.2 Å². The normalized spacial score (nSPS) is 29.2. The Bertz CT molecular complexity index is 603. The zero-order chi connectivity index (χ0) is 14.5. The Morgan fingerprint density at radius 3 is 2.15 bits per heavy atom. The van der Waals surface area contributed by atoms with Gasteiger partial charge in [0.2, 0.25) is 10.0 Å². The molecule has 1 aliphatic carbocycles. The fourth-order valence-corrected chi connectivity index (χ4v) is 4.00. The molecule has 1 aromatic rings. The summed E-state index contributed by atoms with van der Waals surface area (Å²) in [6, 6.07) is 3.44. The van der Waals surface area contributed by atoms with Gasteiger partial charge in [-0.1, -0.05) is 0 Å². The van der Waals surface area contributed by atoms with Gasteiger partial charge in [0.25, 0.3) is 0 Å². The Morgan fingerprint density at radius 1 is 1.10 bits per heavy atom. The molecule has 4 nitrogen and oxygen atoms in total. The van der Waals surface area contributed by atoms with Crippen LogP contribution >= 0.6 is 0 Å². The minimum Gasteiger partial charge on any atom is -0.316 e. The Kier molecular flexibility index (Phi) is 3.07. The SMILES string of the molecule is O=S(=O)(NC1C2CNCC21)c1ccc(C(F)(F)F)cc1. The smallest absolute Gasteiger partial charge is 0.316 e. The Hall–Kier alpha value is -1.12. The summed E-state index contributed by atoms with van der Waals surface area (Å²) in [5.74, 6) is 0.610. The van der Waals surface area contributed by atoms with Crippen LogP contribution < -0.4 is 10.0 Å². The summed E-state index contributed by atoms with van der Waals surface area (Å²) in [5.41, 5.74) is -0.857. The highest BCUT2D eigenvalue weighted by Gasteiger charge is 2.54. The molecule has 1 aliphatic heterocycles. The monoisotopic (exact) mass is 306 g/mol. The van der Waals surface area contributed by atoms with E-state index in [1.54, 1.807) is 0 Å². The number of hydrogen-bond donors (Lipinski definition) is 2. The molecular formula is C12H13F3N2O2S. The number of halogens is 3. The van der Waals surface area contributed by atoms with Gasteiger partial charge in [0.05, 0.1) is 10.5 Å². The van der Waals surface area contributed by atoms with E-state index >= 15 is 0 Å². The lowest BCUT2D eigenvalue weighted by molar-refractivity contribution is -0.137. The predicted molar refractivity (Wildman–Crippen MR) is 65.4 cm³/mol. The van der Waals surface area contributed by atoms with Gasteiger partial charge >= 0.3 is 6.18 Å². The van der Waals surface area contributed by atoms with Gasteiger partial charge in [-0.25, -0.2) is 13.1 Å². The van der Waals surface area contributed by atoms with Gasteiger partial charge in [0.15, 0.2) is 0 Å². The average molecular weight is 306 g/mol. The number of fused-ring (bicyclic) bond motifs is 1. The number of sulfonamides is 1. The molecule has 1 aromatic carbocycles. The number of hydrogen-bond acceptors (Lipinski definition) is 3. The van der Waals surface area contributed by atoms with E-state index in [1.165, 1.54) is 0 Å². The third kappa shape index (κ3) is 2.43. The van der Waals surface area contributed by atoms with Crippen LogP contribution in [0.25, 0.3) is 0 Å². The summed E-state index contributed by atoms with van der Waals surface area (Å²) in [7, 11) is -3.75. The molecule has 1 saturated heterocycles. The van der Waals surface area contributed by atoms with Gasteiger partial charge in [-0.15, -0.1) is 0 Å². The quantitative estimate of drug-likeness (QED) is 0.882. The van der Waals surface area contributed by atoms with Crippen LogP contribution in [-0.4, -0.2) is 27.5 Å². The first-order valence-corrected chi connectivity index (χ1v) is 7.68. The Balaban J connectivity index is 1.74. The van der Waals surface area contributed by atoms with Crippen molar-refractivity contribution in [3.63, 3.8) is 0 Å². The van der Waals surface area contributed by atoms with Crippen LogP contribution in [0.1, 0.15) is 5.56 Å². The third-order valence-corrected chi connectivity index (χ3v) is 5.35. The molecule has 2 unspecified atom stereocenters. The molecule has 0 radical (unpaired) electrons. The number of benzene rings is 1. The van der Waals surface area contributed by atoms with Crippen molar-refractivity contribution >= 4 is 10.0 Å². The topological polar surface area (TPSA) is 58.2 Å². The lowest BCUT2D eigenvalue weighted by Gasteiger charge is -2.10. The summed E-state index contributed by atoms with van der Waals surface area (Å²) < 4.78 is 63.9. The minimum absolute atomic E-state index is 0.0939. The Morgan fingerprint density at radius 2 is 1.65 bits per heavy atom. The average Bonchev–Trinajstić information content (AvgIpc) is 2.82. The second-order valence-corrected chi connectivity index (χ2v) is 6.87. The van der Waals surface area contributed by atoms with E-state index in [1.807, 2.05) is 0 Å². The van der Waals surface area contributed by atoms with Crippen molar-refractivity contribution in [2.75, 3.05) is 13.1 Å². The van der Waals surface area contributed by atoms with Crippen LogP contribution in [-0.2, 0) is 16.2 Å². The standard InChI is InChI=1S/C12H13F3N2O2S/c13-12(14,15)7-1-3-8(4-2-7)20(18,19)17-11-9-5-16-6-10(9)11/h1-4,9-11,16-17H,5-6H2. The van der Waals surface area contributed by atoms with E-state index in [-0.39, 0.29) is 10.9 Å². The molecule has 3 rings (SSSR count). The first-order chi connectivity index (χ1) is 9.29. The molecule has 110 valence electrons. The molecule has 2 fully saturated rings. The van der Waals surface area contributed by atoms with Crippen molar-refractivity contribution in [2.45, 2.75) is 17.1 Å². The maximum Gasteiger partial charge on any atom is 0.416 e. The summed E-state index contributed by atoms with van der Waals surface area (Å²) in [6.07, 6.45) is -4.46. The van der Waals surface area contributed by atoms with Gasteiger partial charge in [0.1, 0.15) is 0 Å². The fourth-order valence-electron chi connectivity index (χ4n) is 2.66. The number of piperidine rings is 1. The molecule has 0 aromatic heterocycles. The lowest BCUT2D eigenvalue weighted by Crippen LogP contribution is -2.32. The molecule has 2 atom stereocenters. The molecule has 1 heterocycles. The van der Waals surface area contributed by atoms with Crippen molar-refractivity contribution in [3.8, 4) is 0 Å². The van der Waals surface area contributed by atoms with Crippen LogP contribution in [0.3, 0.4) is 0 Å². The second-order valence-electron chi connectivity index (χ2n) is 5.16. The van der Waals surface area contributed by atoms with E-state index in [2.05, 4.69) is 10.0 Å². The number of rotatable bonds is 3. The molecule has 0 spiro atoms. The van der Waals surface area contributed by atoms with Gasteiger partial charge in [-0.05, 0) is 49.2 Å². The highest BCUT2D eigenvalue weighted by Crippen LogP contribution is 2.42. The molecule has 0 amide bonds. The zero-order valence-corrected chi connectivity index (χ0v) is 11.1. The van der Waals surface area contributed by atoms with Crippen LogP contribution in [0.4, 0.5) is 13.2 Å². The maximum absolute atomic E-state index is 12.4. The van der Waals surface area contributed by atoms with E-state index in [9.17, 15) is 21.6 Å². The fraction of sp³-hybridized carbons (Fsp3) is 0.500. The predicted octanol–water partition coefficient (Wildman–Crippen LogP) is 1.20. The molecular weight excluding hydrogens is 293 g/mol. The second kappa shape index (κ2) is 4.44. The summed E-state index contributed by atoms with van der Waals surface area (Å²) in [5, 5.41) is 3.14. The van der Waals surface area contributed by atoms with Crippen molar-refractivity contribution in [1.29, 1.82) is 0 Å². The van der Waals surface area contributed by atoms with Crippen molar-refractivity contribution < 1.29 is 21.6 Å². The van der Waals surface area contributed by atoms with Gasteiger partial charge in [-0.3, -0.25) is 0 Å². The molecule has 8 heteroatoms. The minimum atomic E-state index is -4.46. The number of nitrogens with one attached hydrogen (secondary N) is 2. The van der Waals surface area contributed by atoms with Gasteiger partial charge in [0, 0.05) is 6.04 Å². The highest BCUT2D eigenvalue weighted by atomic mass is 32.2. The summed E-state index contributed by atoms with van der Waals surface area (Å²) in [6.45, 7) is 1.57. The first-order valence-electron chi connectivity index (χ1n) is 6.19. The van der Waals surface area contributed by atoms with Gasteiger partial charge < -0.3 is 5.32 Å². The van der Waals surface area contributed by atoms with Crippen LogP contribution in [0.5, 0.6) is 0 Å². The largest absolute Gasteiger partial charge is 0.416 e. The van der Waals surface area contributed by atoms with E-state index < -0.39 is 21.8 Å². The maximum atomic E-state index is 12.4. The molecule has 20 heavy (non-hydrogen) atoms. The van der Waals surface area contributed by atoms with Crippen molar-refractivity contribution in [2.24, 2.45) is 11.8 Å². The van der Waals surface area contributed by atoms with Crippen molar-refractivity contribution in [3.05, 3.63) is 29.8 Å². The summed E-state index contributed by atoms with van der Waals surface area (Å²) >= 11 is 0. The Labute approximate surface area is 114 Å². The highest BCUT2D eigenvalue weighted by molar-refractivity contribution is 7.89. The third-order valence-electron chi connectivity index (χ3n) is 3.87. The molecule has 2 aliphatic rings. The van der Waals surface area contributed by atoms with Gasteiger partial charge in [-0.2, -0.15) is 13.2 Å². The zero-order valence-electron chi connectivity index (χ0n) is 10.3. The van der Waals surface area contributed by atoms with E-state index in [0.29, 0.717) is 11.8 Å².